The number of amides is 1. The Morgan fingerprint density at radius 2 is 2.29 bits per heavy atom. The average molecular weight is 324 g/mol. The summed E-state index contributed by atoms with van der Waals surface area (Å²) in [6, 6.07) is 5.43. The lowest BCUT2D eigenvalue weighted by Crippen LogP contribution is -2.20. The third-order valence-electron chi connectivity index (χ3n) is 3.06. The monoisotopic (exact) mass is 323 g/mol. The van der Waals surface area contributed by atoms with E-state index in [-0.39, 0.29) is 12.5 Å². The Hall–Kier alpha value is -1.66. The third-order valence-corrected chi connectivity index (χ3v) is 4.37. The van der Waals surface area contributed by atoms with E-state index < -0.39 is 0 Å². The molecule has 0 bridgehead atoms. The van der Waals surface area contributed by atoms with Crippen molar-refractivity contribution in [1.29, 1.82) is 0 Å². The summed E-state index contributed by atoms with van der Waals surface area (Å²) in [6.45, 7) is 1.82. The van der Waals surface area contributed by atoms with E-state index >= 15 is 0 Å². The molecule has 1 amide bonds. The zero-order valence-electron chi connectivity index (χ0n) is 11.4. The predicted octanol–water partition coefficient (Wildman–Crippen LogP) is 3.39. The fraction of sp³-hybridized carbons (Fsp3) is 0.357. The van der Waals surface area contributed by atoms with Crippen LogP contribution in [0.1, 0.15) is 29.3 Å². The maximum absolute atomic E-state index is 11.8. The lowest BCUT2D eigenvalue weighted by molar-refractivity contribution is -0.118. The molecule has 1 aromatic carbocycles. The molecule has 0 saturated heterocycles. The van der Waals surface area contributed by atoms with Crippen molar-refractivity contribution in [2.75, 3.05) is 11.9 Å². The zero-order chi connectivity index (χ0) is 14.8. The van der Waals surface area contributed by atoms with Gasteiger partial charge >= 0.3 is 0 Å². The number of aryl methyl sites for hydroxylation is 1. The van der Waals surface area contributed by atoms with E-state index in [4.69, 9.17) is 16.3 Å². The number of anilines is 1. The summed E-state index contributed by atoms with van der Waals surface area (Å²) < 4.78 is 5.43. The Balaban J connectivity index is 1.54. The maximum Gasteiger partial charge on any atom is 0.264 e. The van der Waals surface area contributed by atoms with E-state index in [9.17, 15) is 4.79 Å². The molecule has 21 heavy (non-hydrogen) atoms. The van der Waals surface area contributed by atoms with E-state index in [0.717, 1.165) is 23.4 Å². The van der Waals surface area contributed by atoms with E-state index in [1.165, 1.54) is 11.3 Å². The number of ether oxygens (including phenoxy) is 1. The summed E-state index contributed by atoms with van der Waals surface area (Å²) in [7, 11) is 0. The number of hydrogen-bond donors (Lipinski definition) is 1. The standard InChI is InChI=1S/C14H14ClN3O2S/c1-8-2-5-10(15)11(6-8)20-7-12(19)16-14-18-17-13(21-14)9-3-4-9/h2,5-6,9H,3-4,7H2,1H3,(H,16,18,19). The van der Waals surface area contributed by atoms with Gasteiger partial charge in [-0.25, -0.2) is 0 Å². The Bertz CT molecular complexity index is 670. The molecule has 0 spiro atoms. The number of hydrogen-bond acceptors (Lipinski definition) is 5. The number of aromatic nitrogens is 2. The molecule has 0 radical (unpaired) electrons. The topological polar surface area (TPSA) is 64.1 Å². The molecule has 1 N–H and O–H groups in total. The first-order chi connectivity index (χ1) is 10.1. The van der Waals surface area contributed by atoms with Gasteiger partial charge in [0.2, 0.25) is 5.13 Å². The molecule has 1 aromatic heterocycles. The number of rotatable bonds is 5. The first kappa shape index (κ1) is 14.3. The predicted molar refractivity (Wildman–Crippen MR) is 82.2 cm³/mol. The molecule has 0 aliphatic heterocycles. The van der Waals surface area contributed by atoms with Crippen LogP contribution in [0.15, 0.2) is 18.2 Å². The number of nitrogens with one attached hydrogen (secondary N) is 1. The van der Waals surface area contributed by atoms with Crippen LogP contribution in [0.5, 0.6) is 5.75 Å². The van der Waals surface area contributed by atoms with Crippen molar-refractivity contribution in [2.24, 2.45) is 0 Å². The van der Waals surface area contributed by atoms with Crippen molar-refractivity contribution in [3.63, 3.8) is 0 Å². The quantitative estimate of drug-likeness (QED) is 0.916. The molecule has 0 atom stereocenters. The summed E-state index contributed by atoms with van der Waals surface area (Å²) in [4.78, 5) is 11.8. The summed E-state index contributed by atoms with van der Waals surface area (Å²) >= 11 is 7.43. The van der Waals surface area contributed by atoms with Crippen molar-refractivity contribution in [3.05, 3.63) is 33.8 Å². The van der Waals surface area contributed by atoms with Crippen LogP contribution in [-0.4, -0.2) is 22.7 Å². The van der Waals surface area contributed by atoms with Gasteiger partial charge in [-0.2, -0.15) is 0 Å². The molecule has 1 aliphatic rings. The van der Waals surface area contributed by atoms with Crippen LogP contribution >= 0.6 is 22.9 Å². The van der Waals surface area contributed by atoms with Gasteiger partial charge < -0.3 is 4.74 Å². The van der Waals surface area contributed by atoms with Gasteiger partial charge in [0.1, 0.15) is 10.8 Å². The lowest BCUT2D eigenvalue weighted by atomic mass is 10.2. The van der Waals surface area contributed by atoms with Crippen molar-refractivity contribution >= 4 is 34.0 Å². The van der Waals surface area contributed by atoms with E-state index in [0.29, 0.717) is 21.8 Å². The molecular weight excluding hydrogens is 310 g/mol. The number of nitrogens with zero attached hydrogens (tertiary/aromatic N) is 2. The van der Waals surface area contributed by atoms with Crippen molar-refractivity contribution in [3.8, 4) is 5.75 Å². The minimum Gasteiger partial charge on any atom is -0.482 e. The van der Waals surface area contributed by atoms with Gasteiger partial charge in [0.25, 0.3) is 5.91 Å². The van der Waals surface area contributed by atoms with Crippen LogP contribution in [0, 0.1) is 6.92 Å². The smallest absolute Gasteiger partial charge is 0.264 e. The summed E-state index contributed by atoms with van der Waals surface area (Å²) in [5.74, 6) is 0.768. The Labute approximate surface area is 131 Å². The van der Waals surface area contributed by atoms with Gasteiger partial charge in [-0.05, 0) is 37.5 Å². The van der Waals surface area contributed by atoms with Gasteiger partial charge in [-0.1, -0.05) is 29.0 Å². The Morgan fingerprint density at radius 3 is 3.05 bits per heavy atom. The molecule has 1 fully saturated rings. The normalized spacial score (nSPS) is 14.0. The van der Waals surface area contributed by atoms with E-state index in [2.05, 4.69) is 15.5 Å². The minimum absolute atomic E-state index is 0.110. The second-order valence-corrected chi connectivity index (χ2v) is 6.41. The van der Waals surface area contributed by atoms with Crippen molar-refractivity contribution in [1.82, 2.24) is 10.2 Å². The van der Waals surface area contributed by atoms with Crippen LogP contribution in [0.25, 0.3) is 0 Å². The molecule has 2 aromatic rings. The highest BCUT2D eigenvalue weighted by molar-refractivity contribution is 7.15. The molecule has 1 saturated carbocycles. The Morgan fingerprint density at radius 1 is 1.48 bits per heavy atom. The largest absolute Gasteiger partial charge is 0.482 e. The second kappa shape index (κ2) is 5.99. The van der Waals surface area contributed by atoms with Gasteiger partial charge in [0, 0.05) is 5.92 Å². The van der Waals surface area contributed by atoms with Crippen LogP contribution < -0.4 is 10.1 Å². The number of carbonyl (C=O) groups is 1. The van der Waals surface area contributed by atoms with E-state index in [1.54, 1.807) is 12.1 Å². The number of benzene rings is 1. The average Bonchev–Trinajstić information content (AvgIpc) is 3.21. The fourth-order valence-electron chi connectivity index (χ4n) is 1.80. The Kier molecular flexibility index (Phi) is 4.07. The van der Waals surface area contributed by atoms with Crippen LogP contribution in [0.3, 0.4) is 0 Å². The summed E-state index contributed by atoms with van der Waals surface area (Å²) in [6.07, 6.45) is 2.33. The highest BCUT2D eigenvalue weighted by atomic mass is 35.5. The molecule has 1 heterocycles. The third kappa shape index (κ3) is 3.71. The van der Waals surface area contributed by atoms with Gasteiger partial charge in [0.05, 0.1) is 5.02 Å². The maximum atomic E-state index is 11.8. The molecule has 0 unspecified atom stereocenters. The van der Waals surface area contributed by atoms with Gasteiger partial charge in [-0.15, -0.1) is 10.2 Å². The van der Waals surface area contributed by atoms with Gasteiger partial charge in [-0.3, -0.25) is 10.1 Å². The fourth-order valence-corrected chi connectivity index (χ4v) is 2.90. The molecule has 1 aliphatic carbocycles. The SMILES string of the molecule is Cc1ccc(Cl)c(OCC(=O)Nc2nnc(C3CC3)s2)c1. The highest BCUT2D eigenvalue weighted by Gasteiger charge is 2.27. The molecular formula is C14H14ClN3O2S. The van der Waals surface area contributed by atoms with E-state index in [1.807, 2.05) is 13.0 Å². The first-order valence-corrected chi connectivity index (χ1v) is 7.83. The van der Waals surface area contributed by atoms with Crippen LogP contribution in [0.2, 0.25) is 5.02 Å². The number of carbonyl (C=O) groups excluding carboxylic acids is 1. The summed E-state index contributed by atoms with van der Waals surface area (Å²) in [5.41, 5.74) is 1.02. The van der Waals surface area contributed by atoms with Gasteiger partial charge in [0.15, 0.2) is 6.61 Å². The number of halogens is 1. The lowest BCUT2D eigenvalue weighted by Gasteiger charge is -2.08. The molecule has 5 nitrogen and oxygen atoms in total. The van der Waals surface area contributed by atoms with Crippen LogP contribution in [-0.2, 0) is 4.79 Å². The minimum atomic E-state index is -0.272. The molecule has 110 valence electrons. The molecule has 3 rings (SSSR count). The second-order valence-electron chi connectivity index (χ2n) is 4.99. The first-order valence-electron chi connectivity index (χ1n) is 6.64. The zero-order valence-corrected chi connectivity index (χ0v) is 13.0. The highest BCUT2D eigenvalue weighted by Crippen LogP contribution is 2.42. The molecule has 7 heteroatoms. The van der Waals surface area contributed by atoms with Crippen molar-refractivity contribution in [2.45, 2.75) is 25.7 Å². The van der Waals surface area contributed by atoms with Crippen molar-refractivity contribution < 1.29 is 9.53 Å². The summed E-state index contributed by atoms with van der Waals surface area (Å²) in [5, 5.41) is 12.7. The van der Waals surface area contributed by atoms with Crippen LogP contribution in [0.4, 0.5) is 5.13 Å².